The first kappa shape index (κ1) is 18.4. The fourth-order valence-corrected chi connectivity index (χ4v) is 3.36. The summed E-state index contributed by atoms with van der Waals surface area (Å²) in [5.41, 5.74) is 2.11. The summed E-state index contributed by atoms with van der Waals surface area (Å²) in [5.74, 6) is 0.110. The molecule has 5 nitrogen and oxygen atoms in total. The molecule has 2 aromatic rings. The number of aromatic nitrogens is 1. The van der Waals surface area contributed by atoms with E-state index in [9.17, 15) is 9.59 Å². The molecule has 1 unspecified atom stereocenters. The molecule has 5 heteroatoms. The molecule has 0 radical (unpaired) electrons. The van der Waals surface area contributed by atoms with Crippen LogP contribution in [0, 0.1) is 0 Å². The molecule has 0 fully saturated rings. The number of likely N-dealkylation sites (N-methyl/N-ethyl adjacent to an activating group) is 1. The maximum Gasteiger partial charge on any atom is 0.419 e. The number of ketones is 1. The van der Waals surface area contributed by atoms with E-state index in [0.29, 0.717) is 0 Å². The predicted octanol–water partition coefficient (Wildman–Crippen LogP) is 4.32. The minimum atomic E-state index is -0.564. The highest BCUT2D eigenvalue weighted by Gasteiger charge is 2.27. The Kier molecular flexibility index (Phi) is 4.76. The fraction of sp³-hybridized carbons (Fsp3) is 0.429. The number of carbonyl (C=O) groups is 2. The average molecular weight is 354 g/mol. The van der Waals surface area contributed by atoms with Crippen molar-refractivity contribution in [3.63, 3.8) is 0 Å². The van der Waals surface area contributed by atoms with E-state index in [0.717, 1.165) is 35.0 Å². The Morgan fingerprint density at radius 1 is 1.19 bits per heavy atom. The zero-order chi connectivity index (χ0) is 19.1. The minimum Gasteiger partial charge on any atom is -0.443 e. The molecular weight excluding hydrogens is 328 g/mol. The highest BCUT2D eigenvalue weighted by atomic mass is 16.6. The Hall–Kier alpha value is -2.40. The second kappa shape index (κ2) is 6.72. The number of rotatable bonds is 2. The van der Waals surface area contributed by atoms with E-state index in [-0.39, 0.29) is 11.8 Å². The number of hydrogen-bond acceptors (Lipinski definition) is 4. The molecule has 0 bridgehead atoms. The zero-order valence-corrected chi connectivity index (χ0v) is 16.1. The van der Waals surface area contributed by atoms with Gasteiger partial charge in [0.25, 0.3) is 0 Å². The van der Waals surface area contributed by atoms with Crippen molar-refractivity contribution in [2.24, 2.45) is 0 Å². The van der Waals surface area contributed by atoms with E-state index < -0.39 is 11.7 Å². The Morgan fingerprint density at radius 3 is 2.54 bits per heavy atom. The molecule has 0 saturated heterocycles. The maximum absolute atomic E-state index is 12.7. The average Bonchev–Trinajstić information content (AvgIpc) is 2.93. The van der Waals surface area contributed by atoms with Gasteiger partial charge in [-0.3, -0.25) is 14.3 Å². The van der Waals surface area contributed by atoms with Gasteiger partial charge in [-0.25, -0.2) is 4.79 Å². The largest absolute Gasteiger partial charge is 0.443 e. The smallest absolute Gasteiger partial charge is 0.419 e. The molecule has 2 heterocycles. The van der Waals surface area contributed by atoms with E-state index in [2.05, 4.69) is 4.90 Å². The third-order valence-electron chi connectivity index (χ3n) is 4.67. The summed E-state index contributed by atoms with van der Waals surface area (Å²) in [6, 6.07) is 7.75. The predicted molar refractivity (Wildman–Crippen MR) is 102 cm³/mol. The summed E-state index contributed by atoms with van der Waals surface area (Å²) < 4.78 is 7.13. The van der Waals surface area contributed by atoms with Gasteiger partial charge in [0.05, 0.1) is 11.6 Å². The monoisotopic (exact) mass is 354 g/mol. The molecule has 0 spiro atoms. The second-order valence-electron chi connectivity index (χ2n) is 7.88. The first-order valence-electron chi connectivity index (χ1n) is 8.92. The summed E-state index contributed by atoms with van der Waals surface area (Å²) in [6.07, 6.45) is 4.23. The zero-order valence-electron chi connectivity index (χ0n) is 16.1. The Balaban J connectivity index is 2.11. The van der Waals surface area contributed by atoms with Crippen molar-refractivity contribution in [3.8, 4) is 0 Å². The van der Waals surface area contributed by atoms with Crippen molar-refractivity contribution >= 4 is 22.8 Å². The Bertz CT molecular complexity index is 886. The lowest BCUT2D eigenvalue weighted by molar-refractivity contribution is -0.113. The molecule has 0 N–H and O–H groups in total. The number of benzene rings is 1. The van der Waals surface area contributed by atoms with Crippen LogP contribution in [0.25, 0.3) is 10.9 Å². The van der Waals surface area contributed by atoms with Crippen LogP contribution in [0.4, 0.5) is 4.79 Å². The number of Topliss-reactive ketones (excluding diaryl/α,β-unsaturated/α-hetero) is 1. The minimum absolute atomic E-state index is 0.0452. The third-order valence-corrected chi connectivity index (χ3v) is 4.67. The van der Waals surface area contributed by atoms with Gasteiger partial charge in [-0.15, -0.1) is 0 Å². The van der Waals surface area contributed by atoms with Crippen LogP contribution >= 0.6 is 0 Å². The lowest BCUT2D eigenvalue weighted by Gasteiger charge is -2.30. The maximum atomic E-state index is 12.7. The fourth-order valence-electron chi connectivity index (χ4n) is 3.36. The van der Waals surface area contributed by atoms with Gasteiger partial charge in [-0.2, -0.15) is 0 Å². The number of hydrogen-bond donors (Lipinski definition) is 0. The van der Waals surface area contributed by atoms with Crippen molar-refractivity contribution in [1.82, 2.24) is 9.47 Å². The number of carbonyl (C=O) groups excluding carboxylic acids is 2. The summed E-state index contributed by atoms with van der Waals surface area (Å²) in [4.78, 5) is 26.7. The lowest BCUT2D eigenvalue weighted by Crippen LogP contribution is -2.30. The Labute approximate surface area is 154 Å². The molecule has 1 aromatic heterocycles. The molecule has 0 aliphatic carbocycles. The van der Waals surface area contributed by atoms with Gasteiger partial charge in [-0.1, -0.05) is 24.3 Å². The van der Waals surface area contributed by atoms with Crippen LogP contribution in [0.2, 0.25) is 0 Å². The van der Waals surface area contributed by atoms with Crippen LogP contribution in [0.3, 0.4) is 0 Å². The van der Waals surface area contributed by atoms with Crippen LogP contribution in [-0.2, 0) is 9.53 Å². The lowest BCUT2D eigenvalue weighted by atomic mass is 9.95. The summed E-state index contributed by atoms with van der Waals surface area (Å²) in [7, 11) is 2.04. The molecule has 138 valence electrons. The van der Waals surface area contributed by atoms with E-state index in [1.54, 1.807) is 11.5 Å². The standard InChI is InChI=1S/C21H26N2O3/c1-14(24)15-10-11-22(5)19(12-15)17-13-23(20(25)26-21(2,3)4)18-9-7-6-8-16(17)18/h6-9,12-13,19H,10-11H2,1-5H3. The van der Waals surface area contributed by atoms with Gasteiger partial charge in [0.1, 0.15) is 5.60 Å². The van der Waals surface area contributed by atoms with Crippen LogP contribution in [-0.4, -0.2) is 40.5 Å². The van der Waals surface area contributed by atoms with Crippen LogP contribution in [0.15, 0.2) is 42.1 Å². The van der Waals surface area contributed by atoms with Gasteiger partial charge in [0, 0.05) is 18.1 Å². The first-order chi connectivity index (χ1) is 12.2. The number of nitrogens with zero attached hydrogens (tertiary/aromatic N) is 2. The SMILES string of the molecule is CC(=O)C1=CC(c2cn(C(=O)OC(C)(C)C)c3ccccc23)N(C)CC1. The van der Waals surface area contributed by atoms with E-state index in [1.165, 1.54) is 0 Å². The molecular formula is C21H26N2O3. The highest BCUT2D eigenvalue weighted by molar-refractivity contribution is 5.95. The van der Waals surface area contributed by atoms with Crippen molar-refractivity contribution < 1.29 is 14.3 Å². The van der Waals surface area contributed by atoms with E-state index >= 15 is 0 Å². The first-order valence-corrected chi connectivity index (χ1v) is 8.92. The topological polar surface area (TPSA) is 51.5 Å². The number of para-hydroxylation sites is 1. The molecule has 1 aliphatic rings. The molecule has 1 aromatic carbocycles. The van der Waals surface area contributed by atoms with Crippen molar-refractivity contribution in [1.29, 1.82) is 0 Å². The quantitative estimate of drug-likeness (QED) is 0.806. The van der Waals surface area contributed by atoms with Gasteiger partial charge < -0.3 is 4.74 Å². The Morgan fingerprint density at radius 2 is 1.88 bits per heavy atom. The third kappa shape index (κ3) is 3.58. The normalized spacial score (nSPS) is 18.7. The molecule has 0 amide bonds. The molecule has 3 rings (SSSR count). The molecule has 0 saturated carbocycles. The summed E-state index contributed by atoms with van der Waals surface area (Å²) >= 11 is 0. The van der Waals surface area contributed by atoms with Gasteiger partial charge in [-0.05, 0) is 58.4 Å². The van der Waals surface area contributed by atoms with Gasteiger partial charge in [0.15, 0.2) is 5.78 Å². The second-order valence-corrected chi connectivity index (χ2v) is 7.88. The summed E-state index contributed by atoms with van der Waals surface area (Å²) in [5, 5.41) is 0.997. The van der Waals surface area contributed by atoms with Crippen LogP contribution < -0.4 is 0 Å². The van der Waals surface area contributed by atoms with E-state index in [1.807, 2.05) is 64.4 Å². The van der Waals surface area contributed by atoms with Gasteiger partial charge in [0.2, 0.25) is 0 Å². The number of ether oxygens (including phenoxy) is 1. The van der Waals surface area contributed by atoms with Crippen LogP contribution in [0.1, 0.15) is 45.7 Å². The molecule has 26 heavy (non-hydrogen) atoms. The van der Waals surface area contributed by atoms with Gasteiger partial charge >= 0.3 is 6.09 Å². The summed E-state index contributed by atoms with van der Waals surface area (Å²) in [6.45, 7) is 7.98. The molecule has 1 atom stereocenters. The number of fused-ring (bicyclic) bond motifs is 1. The van der Waals surface area contributed by atoms with Crippen molar-refractivity contribution in [3.05, 3.63) is 47.7 Å². The highest BCUT2D eigenvalue weighted by Crippen LogP contribution is 2.34. The van der Waals surface area contributed by atoms with E-state index in [4.69, 9.17) is 4.74 Å². The van der Waals surface area contributed by atoms with Crippen LogP contribution in [0.5, 0.6) is 0 Å². The molecule has 1 aliphatic heterocycles. The van der Waals surface area contributed by atoms with Crippen molar-refractivity contribution in [2.45, 2.75) is 45.8 Å². The van der Waals surface area contributed by atoms with Crippen molar-refractivity contribution in [2.75, 3.05) is 13.6 Å².